The molecule has 0 aliphatic heterocycles. The summed E-state index contributed by atoms with van der Waals surface area (Å²) >= 11 is 1.33. The Bertz CT molecular complexity index is 1650. The lowest BCUT2D eigenvalue weighted by Crippen LogP contribution is -2.51. The molecule has 0 fully saturated rings. The first-order valence-electron chi connectivity index (χ1n) is 14.0. The number of nitrogens with zero attached hydrogens (tertiary/aromatic N) is 1. The highest BCUT2D eigenvalue weighted by Gasteiger charge is 2.24. The summed E-state index contributed by atoms with van der Waals surface area (Å²) in [6, 6.07) is 34.6. The van der Waals surface area contributed by atoms with E-state index in [1.165, 1.54) is 17.4 Å². The van der Waals surface area contributed by atoms with Crippen LogP contribution in [0.1, 0.15) is 26.5 Å². The number of hydrogen-bond donors (Lipinski definition) is 2. The molecular weight excluding hydrogens is 558 g/mol. The lowest BCUT2D eigenvalue weighted by atomic mass is 10.0. The third-order valence-corrected chi connectivity index (χ3v) is 7.77. The molecule has 4 aromatic carbocycles. The van der Waals surface area contributed by atoms with Crippen LogP contribution in [0.15, 0.2) is 127 Å². The normalized spacial score (nSPS) is 12.5. The van der Waals surface area contributed by atoms with Gasteiger partial charge in [0.25, 0.3) is 0 Å². The first kappa shape index (κ1) is 29.4. The van der Waals surface area contributed by atoms with E-state index < -0.39 is 24.1 Å². The highest BCUT2D eigenvalue weighted by atomic mass is 32.1. The van der Waals surface area contributed by atoms with Crippen LogP contribution >= 0.6 is 11.3 Å². The Morgan fingerprint density at radius 2 is 1.30 bits per heavy atom. The number of fused-ring (bicyclic) bond motifs is 1. The van der Waals surface area contributed by atoms with Crippen molar-refractivity contribution in [2.24, 2.45) is 0 Å². The van der Waals surface area contributed by atoms with Crippen molar-refractivity contribution in [2.45, 2.75) is 31.5 Å². The molecular formula is C35H31N3O4S. The third-order valence-electron chi connectivity index (χ3n) is 6.71. The first-order chi connectivity index (χ1) is 21.0. The lowest BCUT2D eigenvalue weighted by Gasteiger charge is -2.22. The van der Waals surface area contributed by atoms with E-state index in [1.807, 2.05) is 115 Å². The summed E-state index contributed by atoms with van der Waals surface area (Å²) in [5.41, 5.74) is 3.48. The smallest absolute Gasteiger partial charge is 0.408 e. The molecule has 0 aliphatic carbocycles. The Labute approximate surface area is 254 Å². The first-order valence-corrected chi connectivity index (χ1v) is 14.8. The van der Waals surface area contributed by atoms with Gasteiger partial charge in [0.05, 0.1) is 16.3 Å². The number of thiazole rings is 1. The second kappa shape index (κ2) is 14.7. The Morgan fingerprint density at radius 1 is 0.721 bits per heavy atom. The van der Waals surface area contributed by atoms with Crippen LogP contribution in [0, 0.1) is 0 Å². The molecule has 0 saturated carbocycles. The van der Waals surface area contributed by atoms with E-state index >= 15 is 0 Å². The highest BCUT2D eigenvalue weighted by molar-refractivity contribution is 7.20. The molecule has 43 heavy (non-hydrogen) atoms. The fraction of sp³-hybridized carbons (Fsp3) is 0.143. The van der Waals surface area contributed by atoms with Gasteiger partial charge in [-0.3, -0.25) is 9.59 Å². The monoisotopic (exact) mass is 589 g/mol. The SMILES string of the molecule is O=C(N[C@@H](Cc1ccccc1)C(=O)N[C@H](C=CC(=O)c1nc2ccccc2s1)Cc1ccccc1)OCc1ccccc1. The Morgan fingerprint density at radius 3 is 1.95 bits per heavy atom. The Kier molecular flexibility index (Phi) is 10.1. The maximum absolute atomic E-state index is 13.7. The number of hydrogen-bond acceptors (Lipinski definition) is 6. The van der Waals surface area contributed by atoms with E-state index in [2.05, 4.69) is 15.6 Å². The molecule has 5 rings (SSSR count). The predicted octanol–water partition coefficient (Wildman–Crippen LogP) is 6.30. The number of nitrogens with one attached hydrogen (secondary N) is 2. The van der Waals surface area contributed by atoms with Crippen LogP contribution in [0.5, 0.6) is 0 Å². The van der Waals surface area contributed by atoms with Gasteiger partial charge in [0.2, 0.25) is 11.7 Å². The van der Waals surface area contributed by atoms with Gasteiger partial charge >= 0.3 is 6.09 Å². The Balaban J connectivity index is 1.32. The fourth-order valence-electron chi connectivity index (χ4n) is 4.54. The number of carbonyl (C=O) groups is 3. The van der Waals surface area contributed by atoms with Crippen molar-refractivity contribution in [3.8, 4) is 0 Å². The molecule has 216 valence electrons. The number of allylic oxidation sites excluding steroid dienone is 1. The largest absolute Gasteiger partial charge is 0.445 e. The Hall–Kier alpha value is -5.08. The number of rotatable bonds is 12. The summed E-state index contributed by atoms with van der Waals surface area (Å²) < 4.78 is 6.34. The number of aromatic nitrogens is 1. The molecule has 0 saturated heterocycles. The van der Waals surface area contributed by atoms with E-state index in [0.717, 1.165) is 26.9 Å². The van der Waals surface area contributed by atoms with Crippen molar-refractivity contribution >= 4 is 39.3 Å². The van der Waals surface area contributed by atoms with Crippen molar-refractivity contribution in [1.29, 1.82) is 0 Å². The maximum Gasteiger partial charge on any atom is 0.408 e. The quantitative estimate of drug-likeness (QED) is 0.132. The van der Waals surface area contributed by atoms with Gasteiger partial charge in [-0.2, -0.15) is 0 Å². The zero-order chi connectivity index (χ0) is 29.9. The molecule has 0 bridgehead atoms. The summed E-state index contributed by atoms with van der Waals surface area (Å²) in [6.07, 6.45) is 3.17. The molecule has 7 nitrogen and oxygen atoms in total. The summed E-state index contributed by atoms with van der Waals surface area (Å²) in [4.78, 5) is 43.9. The molecule has 1 aromatic heterocycles. The topological polar surface area (TPSA) is 97.4 Å². The van der Waals surface area contributed by atoms with Gasteiger partial charge in [-0.05, 0) is 41.3 Å². The minimum atomic E-state index is -0.905. The van der Waals surface area contributed by atoms with Gasteiger partial charge in [-0.1, -0.05) is 109 Å². The standard InChI is InChI=1S/C35H31N3O4S/c39-31(34-37-29-18-10-11-19-32(29)43-34)21-20-28(22-25-12-4-1-5-13-25)36-33(40)30(23-26-14-6-2-7-15-26)38-35(41)42-24-27-16-8-3-9-17-27/h1-21,28,30H,22-24H2,(H,36,40)(H,38,41)/t28-,30+/m1/s1. The average Bonchev–Trinajstić information content (AvgIpc) is 3.48. The van der Waals surface area contributed by atoms with Gasteiger partial charge in [0.15, 0.2) is 5.01 Å². The molecule has 0 spiro atoms. The predicted molar refractivity (Wildman–Crippen MR) is 169 cm³/mol. The minimum absolute atomic E-state index is 0.0829. The van der Waals surface area contributed by atoms with Crippen LogP contribution in [-0.4, -0.2) is 34.9 Å². The second-order valence-corrected chi connectivity index (χ2v) is 11.0. The van der Waals surface area contributed by atoms with Gasteiger partial charge < -0.3 is 15.4 Å². The molecule has 2 N–H and O–H groups in total. The second-order valence-electron chi connectivity index (χ2n) is 9.96. The van der Waals surface area contributed by atoms with Crippen LogP contribution in [0.3, 0.4) is 0 Å². The van der Waals surface area contributed by atoms with Gasteiger partial charge in [0.1, 0.15) is 12.6 Å². The zero-order valence-corrected chi connectivity index (χ0v) is 24.2. The van der Waals surface area contributed by atoms with Crippen LogP contribution in [0.25, 0.3) is 10.2 Å². The number of ketones is 1. The van der Waals surface area contributed by atoms with Crippen molar-refractivity contribution in [3.05, 3.63) is 149 Å². The summed E-state index contributed by atoms with van der Waals surface area (Å²) in [6.45, 7) is 0.0829. The number of benzene rings is 4. The molecule has 2 atom stereocenters. The van der Waals surface area contributed by atoms with Crippen LogP contribution < -0.4 is 10.6 Å². The summed E-state index contributed by atoms with van der Waals surface area (Å²) in [5.74, 6) is -0.629. The van der Waals surface area contributed by atoms with E-state index in [0.29, 0.717) is 11.4 Å². The van der Waals surface area contributed by atoms with E-state index in [1.54, 1.807) is 6.08 Å². The van der Waals surface area contributed by atoms with Crippen LogP contribution in [0.2, 0.25) is 0 Å². The highest BCUT2D eigenvalue weighted by Crippen LogP contribution is 2.22. The number of amides is 2. The summed E-state index contributed by atoms with van der Waals surface area (Å²) in [5, 5.41) is 6.15. The third kappa shape index (κ3) is 8.70. The number of ether oxygens (including phenoxy) is 1. The lowest BCUT2D eigenvalue weighted by molar-refractivity contribution is -0.123. The number of para-hydroxylation sites is 1. The fourth-order valence-corrected chi connectivity index (χ4v) is 5.42. The van der Waals surface area contributed by atoms with Crippen LogP contribution in [0.4, 0.5) is 4.79 Å². The van der Waals surface area contributed by atoms with Crippen molar-refractivity contribution in [2.75, 3.05) is 0 Å². The molecule has 0 radical (unpaired) electrons. The van der Waals surface area contributed by atoms with Crippen molar-refractivity contribution in [3.63, 3.8) is 0 Å². The van der Waals surface area contributed by atoms with E-state index in [9.17, 15) is 14.4 Å². The molecule has 2 amide bonds. The van der Waals surface area contributed by atoms with Gasteiger partial charge in [-0.15, -0.1) is 11.3 Å². The van der Waals surface area contributed by atoms with Crippen molar-refractivity contribution in [1.82, 2.24) is 15.6 Å². The molecule has 5 aromatic rings. The zero-order valence-electron chi connectivity index (χ0n) is 23.4. The molecule has 0 unspecified atom stereocenters. The maximum atomic E-state index is 13.7. The van der Waals surface area contributed by atoms with E-state index in [-0.39, 0.29) is 18.8 Å². The average molecular weight is 590 g/mol. The van der Waals surface area contributed by atoms with Crippen LogP contribution in [-0.2, 0) is 29.0 Å². The number of carbonyl (C=O) groups excluding carboxylic acids is 3. The summed E-state index contributed by atoms with van der Waals surface area (Å²) in [7, 11) is 0. The number of alkyl carbamates (subject to hydrolysis) is 1. The minimum Gasteiger partial charge on any atom is -0.445 e. The van der Waals surface area contributed by atoms with Gasteiger partial charge in [-0.25, -0.2) is 9.78 Å². The van der Waals surface area contributed by atoms with Crippen molar-refractivity contribution < 1.29 is 19.1 Å². The van der Waals surface area contributed by atoms with E-state index in [4.69, 9.17) is 4.74 Å². The van der Waals surface area contributed by atoms with Gasteiger partial charge in [0, 0.05) is 6.42 Å². The molecule has 1 heterocycles. The molecule has 8 heteroatoms. The molecule has 0 aliphatic rings.